The Kier molecular flexibility index (Phi) is 6.72. The lowest BCUT2D eigenvalue weighted by Crippen LogP contribution is -2.49. The van der Waals surface area contributed by atoms with Crippen LogP contribution >= 0.6 is 11.3 Å². The fraction of sp³-hybridized carbons (Fsp3) is 0.294. The van der Waals surface area contributed by atoms with Crippen molar-refractivity contribution in [1.29, 1.82) is 0 Å². The largest absolute Gasteiger partial charge is 0.475 e. The molecule has 0 bridgehead atoms. The van der Waals surface area contributed by atoms with Crippen molar-refractivity contribution in [3.63, 3.8) is 0 Å². The van der Waals surface area contributed by atoms with Crippen LogP contribution in [-0.2, 0) is 11.2 Å². The maximum atomic E-state index is 12.3. The number of thiophene rings is 1. The summed E-state index contributed by atoms with van der Waals surface area (Å²) in [6, 6.07) is 10.7. The van der Waals surface area contributed by atoms with Crippen molar-refractivity contribution >= 4 is 30.1 Å². The second-order valence-corrected chi connectivity index (χ2v) is 6.54. The molecule has 3 N–H and O–H groups in total. The highest BCUT2D eigenvalue weighted by Crippen LogP contribution is 2.12. The van der Waals surface area contributed by atoms with E-state index in [4.69, 9.17) is 0 Å². The SMILES string of the molecule is C[C@@H](CC(=O)c1ccccc1)C(=O)NC(Cc1ccsc1)B(O)O. The third kappa shape index (κ3) is 5.30. The molecule has 1 aromatic heterocycles. The molecule has 0 aliphatic carbocycles. The van der Waals surface area contributed by atoms with Gasteiger partial charge in [-0.2, -0.15) is 11.3 Å². The number of Topliss-reactive ketones (excluding diaryl/α,β-unsaturated/α-hetero) is 1. The van der Waals surface area contributed by atoms with Gasteiger partial charge in [0, 0.05) is 17.9 Å². The molecule has 0 fully saturated rings. The highest BCUT2D eigenvalue weighted by atomic mass is 32.1. The van der Waals surface area contributed by atoms with E-state index in [1.54, 1.807) is 31.2 Å². The van der Waals surface area contributed by atoms with Crippen LogP contribution in [0.1, 0.15) is 29.3 Å². The number of hydrogen-bond acceptors (Lipinski definition) is 5. The van der Waals surface area contributed by atoms with E-state index in [0.29, 0.717) is 12.0 Å². The predicted molar refractivity (Wildman–Crippen MR) is 94.7 cm³/mol. The first-order chi connectivity index (χ1) is 11.5. The number of benzene rings is 1. The Labute approximate surface area is 145 Å². The minimum absolute atomic E-state index is 0.0720. The van der Waals surface area contributed by atoms with Crippen LogP contribution in [0.15, 0.2) is 47.2 Å². The van der Waals surface area contributed by atoms with Crippen LogP contribution in [0.25, 0.3) is 0 Å². The smallest absolute Gasteiger partial charge is 0.426 e. The Morgan fingerprint density at radius 3 is 2.50 bits per heavy atom. The minimum Gasteiger partial charge on any atom is -0.426 e. The summed E-state index contributed by atoms with van der Waals surface area (Å²) >= 11 is 1.50. The zero-order valence-electron chi connectivity index (χ0n) is 13.4. The number of hydrogen-bond donors (Lipinski definition) is 3. The molecule has 2 rings (SSSR count). The van der Waals surface area contributed by atoms with Gasteiger partial charge >= 0.3 is 7.12 Å². The lowest BCUT2D eigenvalue weighted by molar-refractivity contribution is -0.124. The zero-order chi connectivity index (χ0) is 17.5. The monoisotopic (exact) mass is 345 g/mol. The summed E-state index contributed by atoms with van der Waals surface area (Å²) in [6.07, 6.45) is 0.398. The van der Waals surface area contributed by atoms with Gasteiger partial charge in [0.05, 0.1) is 5.94 Å². The van der Waals surface area contributed by atoms with E-state index in [9.17, 15) is 19.6 Å². The second-order valence-electron chi connectivity index (χ2n) is 5.76. The van der Waals surface area contributed by atoms with Crippen molar-refractivity contribution in [3.8, 4) is 0 Å². The highest BCUT2D eigenvalue weighted by molar-refractivity contribution is 7.07. The standard InChI is InChI=1S/C17H20BNO4S/c1-12(9-15(20)14-5-3-2-4-6-14)17(21)19-16(18(22)23)10-13-7-8-24-11-13/h2-8,11-12,16,22-23H,9-10H2,1H3,(H,19,21)/t12-,16?/m0/s1. The van der Waals surface area contributed by atoms with Crippen molar-refractivity contribution in [2.24, 2.45) is 5.92 Å². The van der Waals surface area contributed by atoms with Crippen molar-refractivity contribution in [2.45, 2.75) is 25.7 Å². The summed E-state index contributed by atoms with van der Waals surface area (Å²) < 4.78 is 0. The molecule has 1 amide bonds. The Morgan fingerprint density at radius 2 is 1.92 bits per heavy atom. The van der Waals surface area contributed by atoms with Crippen LogP contribution in [0, 0.1) is 5.92 Å². The lowest BCUT2D eigenvalue weighted by atomic mass is 9.76. The van der Waals surface area contributed by atoms with Crippen molar-refractivity contribution < 1.29 is 19.6 Å². The van der Waals surface area contributed by atoms with Gasteiger partial charge in [-0.1, -0.05) is 37.3 Å². The molecular formula is C17H20BNO4S. The van der Waals surface area contributed by atoms with E-state index in [-0.39, 0.29) is 18.1 Å². The fourth-order valence-corrected chi connectivity index (χ4v) is 3.01. The summed E-state index contributed by atoms with van der Waals surface area (Å²) in [6.45, 7) is 1.65. The molecular weight excluding hydrogens is 325 g/mol. The first-order valence-corrected chi connectivity index (χ1v) is 8.67. The second kappa shape index (κ2) is 8.77. The summed E-state index contributed by atoms with van der Waals surface area (Å²) in [7, 11) is -1.66. The third-order valence-electron chi connectivity index (χ3n) is 3.76. The maximum Gasteiger partial charge on any atom is 0.475 e. The number of nitrogens with one attached hydrogen (secondary N) is 1. The van der Waals surface area contributed by atoms with Crippen molar-refractivity contribution in [1.82, 2.24) is 5.32 Å². The summed E-state index contributed by atoms with van der Waals surface area (Å²) in [4.78, 5) is 24.4. The number of rotatable bonds is 8. The van der Waals surface area contributed by atoms with E-state index >= 15 is 0 Å². The van der Waals surface area contributed by atoms with Crippen LogP contribution in [-0.4, -0.2) is 34.8 Å². The molecule has 0 spiro atoms. The summed E-state index contributed by atoms with van der Waals surface area (Å²) in [5.41, 5.74) is 1.49. The first-order valence-electron chi connectivity index (χ1n) is 7.73. The maximum absolute atomic E-state index is 12.3. The lowest BCUT2D eigenvalue weighted by Gasteiger charge is -2.20. The number of ketones is 1. The molecule has 126 valence electrons. The van der Waals surface area contributed by atoms with Crippen LogP contribution < -0.4 is 5.32 Å². The van der Waals surface area contributed by atoms with E-state index < -0.39 is 19.0 Å². The fourth-order valence-electron chi connectivity index (χ4n) is 2.33. The number of carbonyl (C=O) groups is 2. The van der Waals surface area contributed by atoms with Crippen molar-refractivity contribution in [2.75, 3.05) is 0 Å². The van der Waals surface area contributed by atoms with Crippen LogP contribution in [0.5, 0.6) is 0 Å². The summed E-state index contributed by atoms with van der Waals surface area (Å²) in [5.74, 6) is -1.84. The van der Waals surface area contributed by atoms with Gasteiger partial charge < -0.3 is 15.4 Å². The molecule has 2 aromatic rings. The quantitative estimate of drug-likeness (QED) is 0.502. The topological polar surface area (TPSA) is 86.6 Å². The first kappa shape index (κ1) is 18.4. The van der Waals surface area contributed by atoms with Gasteiger partial charge in [-0.25, -0.2) is 0 Å². The molecule has 1 aromatic carbocycles. The van der Waals surface area contributed by atoms with Gasteiger partial charge in [0.15, 0.2) is 5.78 Å². The van der Waals surface area contributed by atoms with Gasteiger partial charge in [0.1, 0.15) is 0 Å². The Bertz CT molecular complexity index is 660. The average molecular weight is 345 g/mol. The minimum atomic E-state index is -1.66. The molecule has 1 heterocycles. The Hall–Kier alpha value is -1.96. The van der Waals surface area contributed by atoms with Gasteiger partial charge in [0.2, 0.25) is 5.91 Å². The third-order valence-corrected chi connectivity index (χ3v) is 4.49. The van der Waals surface area contributed by atoms with Gasteiger partial charge in [0.25, 0.3) is 0 Å². The molecule has 7 heteroatoms. The number of carbonyl (C=O) groups excluding carboxylic acids is 2. The highest BCUT2D eigenvalue weighted by Gasteiger charge is 2.28. The molecule has 0 aliphatic heterocycles. The molecule has 24 heavy (non-hydrogen) atoms. The molecule has 5 nitrogen and oxygen atoms in total. The molecule has 0 radical (unpaired) electrons. The molecule has 0 aliphatic rings. The molecule has 1 unspecified atom stereocenters. The summed E-state index contributed by atoms with van der Waals surface area (Å²) in [5, 5.41) is 25.4. The zero-order valence-corrected chi connectivity index (χ0v) is 14.2. The van der Waals surface area contributed by atoms with E-state index in [1.807, 2.05) is 22.9 Å². The van der Waals surface area contributed by atoms with Crippen LogP contribution in [0.2, 0.25) is 0 Å². The average Bonchev–Trinajstić information content (AvgIpc) is 3.07. The molecule has 0 saturated carbocycles. The van der Waals surface area contributed by atoms with Crippen LogP contribution in [0.4, 0.5) is 0 Å². The molecule has 2 atom stereocenters. The number of amides is 1. The van der Waals surface area contributed by atoms with Crippen LogP contribution in [0.3, 0.4) is 0 Å². The molecule has 0 saturated heterocycles. The van der Waals surface area contributed by atoms with E-state index in [0.717, 1.165) is 5.56 Å². The van der Waals surface area contributed by atoms with E-state index in [2.05, 4.69) is 5.32 Å². The predicted octanol–water partition coefficient (Wildman–Crippen LogP) is 1.70. The Morgan fingerprint density at radius 1 is 1.21 bits per heavy atom. The van der Waals surface area contributed by atoms with Crippen molar-refractivity contribution in [3.05, 3.63) is 58.3 Å². The normalized spacial score (nSPS) is 13.1. The Balaban J connectivity index is 1.92. The van der Waals surface area contributed by atoms with Gasteiger partial charge in [-0.05, 0) is 28.8 Å². The van der Waals surface area contributed by atoms with Gasteiger partial charge in [-0.15, -0.1) is 0 Å². The van der Waals surface area contributed by atoms with E-state index in [1.165, 1.54) is 11.3 Å². The van der Waals surface area contributed by atoms with Gasteiger partial charge in [-0.3, -0.25) is 9.59 Å².